The third kappa shape index (κ3) is 2.16. The minimum atomic E-state index is -0.743. The molecule has 1 N–H and O–H groups in total. The summed E-state index contributed by atoms with van der Waals surface area (Å²) >= 11 is 0. The number of fused-ring (bicyclic) bond motifs is 1. The summed E-state index contributed by atoms with van der Waals surface area (Å²) in [5.41, 5.74) is -0.491. The summed E-state index contributed by atoms with van der Waals surface area (Å²) in [5, 5.41) is 10.7. The van der Waals surface area contributed by atoms with Gasteiger partial charge in [-0.15, -0.1) is 0 Å². The zero-order chi connectivity index (χ0) is 12.6. The third-order valence-electron chi connectivity index (χ3n) is 2.66. The first-order valence-corrected chi connectivity index (χ1v) is 4.97. The van der Waals surface area contributed by atoms with E-state index in [4.69, 9.17) is 0 Å². The van der Waals surface area contributed by atoms with Crippen LogP contribution in [0.5, 0.6) is 5.75 Å². The standard InChI is InChI=1S/C12H11NO4.Na.H/c1-13-9(12(16)17-2)10(14)7-5-3-4-6-8(7)11(13)15;;/h3-6,14H,1-2H3;;. The first-order chi connectivity index (χ1) is 8.07. The molecule has 1 aromatic heterocycles. The quantitative estimate of drug-likeness (QED) is 0.592. The van der Waals surface area contributed by atoms with Crippen molar-refractivity contribution in [3.05, 3.63) is 40.3 Å². The van der Waals surface area contributed by atoms with Crippen LogP contribution in [0.25, 0.3) is 10.8 Å². The first kappa shape index (κ1) is 14.8. The molecule has 0 aliphatic rings. The average molecular weight is 257 g/mol. The van der Waals surface area contributed by atoms with Crippen molar-refractivity contribution in [2.45, 2.75) is 0 Å². The van der Waals surface area contributed by atoms with Gasteiger partial charge in [0.05, 0.1) is 12.5 Å². The number of benzene rings is 1. The summed E-state index contributed by atoms with van der Waals surface area (Å²) in [7, 11) is 2.61. The van der Waals surface area contributed by atoms with Gasteiger partial charge in [0.15, 0.2) is 11.4 Å². The van der Waals surface area contributed by atoms with Crippen LogP contribution < -0.4 is 5.56 Å². The Balaban J connectivity index is 0.00000162. The second kappa shape index (κ2) is 5.56. The number of nitrogens with zero attached hydrogens (tertiary/aromatic N) is 1. The molecular weight excluding hydrogens is 245 g/mol. The molecule has 0 unspecified atom stereocenters. The molecular formula is C12H12NNaO4. The predicted octanol–water partition coefficient (Wildman–Crippen LogP) is 0.382. The average Bonchev–Trinajstić information content (AvgIpc) is 2.36. The van der Waals surface area contributed by atoms with E-state index >= 15 is 0 Å². The molecule has 0 saturated carbocycles. The molecule has 1 aromatic carbocycles. The van der Waals surface area contributed by atoms with Gasteiger partial charge in [-0.25, -0.2) is 4.79 Å². The number of aromatic hydroxyl groups is 1. The van der Waals surface area contributed by atoms with Gasteiger partial charge < -0.3 is 14.4 Å². The third-order valence-corrected chi connectivity index (χ3v) is 2.66. The molecule has 0 aliphatic heterocycles. The van der Waals surface area contributed by atoms with Crippen molar-refractivity contribution >= 4 is 46.3 Å². The van der Waals surface area contributed by atoms with Crippen LogP contribution in [0.15, 0.2) is 29.1 Å². The Kier molecular flexibility index (Phi) is 4.56. The number of aromatic nitrogens is 1. The fraction of sp³-hybridized carbons (Fsp3) is 0.167. The number of methoxy groups -OCH3 is 1. The Labute approximate surface area is 125 Å². The maximum absolute atomic E-state index is 12.0. The van der Waals surface area contributed by atoms with Crippen LogP contribution in [0.3, 0.4) is 0 Å². The molecule has 90 valence electrons. The van der Waals surface area contributed by atoms with Crippen LogP contribution in [-0.2, 0) is 11.8 Å². The van der Waals surface area contributed by atoms with Gasteiger partial charge in [0.1, 0.15) is 0 Å². The zero-order valence-corrected chi connectivity index (χ0v) is 9.43. The van der Waals surface area contributed by atoms with Gasteiger partial charge in [0.25, 0.3) is 5.56 Å². The van der Waals surface area contributed by atoms with Crippen molar-refractivity contribution < 1.29 is 14.6 Å². The number of carbonyl (C=O) groups excluding carboxylic acids is 1. The van der Waals surface area contributed by atoms with Crippen molar-refractivity contribution in [2.24, 2.45) is 7.05 Å². The number of rotatable bonds is 1. The topological polar surface area (TPSA) is 68.5 Å². The Hall–Kier alpha value is -1.30. The Morgan fingerprint density at radius 3 is 2.39 bits per heavy atom. The zero-order valence-electron chi connectivity index (χ0n) is 9.43. The number of hydrogen-bond acceptors (Lipinski definition) is 4. The van der Waals surface area contributed by atoms with Crippen molar-refractivity contribution in [3.63, 3.8) is 0 Å². The molecule has 18 heavy (non-hydrogen) atoms. The Bertz CT molecular complexity index is 663. The molecule has 0 aliphatic carbocycles. The van der Waals surface area contributed by atoms with Crippen LogP contribution in [0, 0.1) is 0 Å². The molecule has 2 rings (SSSR count). The molecule has 0 fully saturated rings. The Morgan fingerprint density at radius 2 is 1.83 bits per heavy atom. The number of hydrogen-bond donors (Lipinski definition) is 1. The molecule has 6 heteroatoms. The van der Waals surface area contributed by atoms with E-state index in [1.165, 1.54) is 14.2 Å². The van der Waals surface area contributed by atoms with Gasteiger partial charge >= 0.3 is 35.5 Å². The number of ether oxygens (including phenoxy) is 1. The fourth-order valence-electron chi connectivity index (χ4n) is 1.78. The molecule has 0 spiro atoms. The summed E-state index contributed by atoms with van der Waals surface area (Å²) in [5.74, 6) is -0.984. The molecule has 2 aromatic rings. The van der Waals surface area contributed by atoms with Crippen LogP contribution in [0.2, 0.25) is 0 Å². The second-order valence-electron chi connectivity index (χ2n) is 3.60. The summed E-state index contributed by atoms with van der Waals surface area (Å²) in [4.78, 5) is 23.5. The van der Waals surface area contributed by atoms with Gasteiger partial charge in [-0.3, -0.25) is 4.79 Å². The Morgan fingerprint density at radius 1 is 1.28 bits per heavy atom. The van der Waals surface area contributed by atoms with Crippen LogP contribution in [0.1, 0.15) is 10.5 Å². The maximum atomic E-state index is 12.0. The fourth-order valence-corrected chi connectivity index (χ4v) is 1.78. The van der Waals surface area contributed by atoms with E-state index in [9.17, 15) is 14.7 Å². The normalized spacial score (nSPS) is 9.89. The van der Waals surface area contributed by atoms with Crippen LogP contribution in [-0.4, -0.2) is 52.3 Å². The van der Waals surface area contributed by atoms with Crippen molar-refractivity contribution in [1.29, 1.82) is 0 Å². The molecule has 0 atom stereocenters. The molecule has 0 amide bonds. The van der Waals surface area contributed by atoms with E-state index in [1.54, 1.807) is 24.3 Å². The number of pyridine rings is 1. The molecule has 5 nitrogen and oxygen atoms in total. The molecule has 0 saturated heterocycles. The molecule has 1 heterocycles. The van der Waals surface area contributed by atoms with Gasteiger partial charge in [-0.05, 0) is 6.07 Å². The summed E-state index contributed by atoms with van der Waals surface area (Å²) in [6, 6.07) is 6.56. The van der Waals surface area contributed by atoms with Crippen molar-refractivity contribution in [3.8, 4) is 5.75 Å². The van der Waals surface area contributed by atoms with Gasteiger partial charge in [0.2, 0.25) is 0 Å². The summed E-state index contributed by atoms with van der Waals surface area (Å²) < 4.78 is 5.63. The van der Waals surface area contributed by atoms with E-state index in [0.717, 1.165) is 4.57 Å². The number of carbonyl (C=O) groups is 1. The van der Waals surface area contributed by atoms with Crippen molar-refractivity contribution in [1.82, 2.24) is 4.57 Å². The monoisotopic (exact) mass is 257 g/mol. The van der Waals surface area contributed by atoms with Gasteiger partial charge in [0, 0.05) is 12.4 Å². The SMILES string of the molecule is COC(=O)c1c(O)c2ccccc2c(=O)n1C.[NaH]. The van der Waals surface area contributed by atoms with E-state index in [1.807, 2.05) is 0 Å². The van der Waals surface area contributed by atoms with Gasteiger partial charge in [-0.2, -0.15) is 0 Å². The van der Waals surface area contributed by atoms with Crippen LogP contribution in [0.4, 0.5) is 0 Å². The van der Waals surface area contributed by atoms with E-state index in [-0.39, 0.29) is 46.6 Å². The van der Waals surface area contributed by atoms with E-state index in [2.05, 4.69) is 4.74 Å². The van der Waals surface area contributed by atoms with E-state index < -0.39 is 5.97 Å². The van der Waals surface area contributed by atoms with Gasteiger partial charge in [-0.1, -0.05) is 18.2 Å². The summed E-state index contributed by atoms with van der Waals surface area (Å²) in [6.07, 6.45) is 0. The molecule has 0 radical (unpaired) electrons. The van der Waals surface area contributed by atoms with Crippen LogP contribution >= 0.6 is 0 Å². The van der Waals surface area contributed by atoms with E-state index in [0.29, 0.717) is 10.8 Å². The van der Waals surface area contributed by atoms with Crippen molar-refractivity contribution in [2.75, 3.05) is 7.11 Å². The first-order valence-electron chi connectivity index (χ1n) is 4.97. The summed E-state index contributed by atoms with van der Waals surface area (Å²) in [6.45, 7) is 0. The minimum absolute atomic E-state index is 0. The predicted molar refractivity (Wildman–Crippen MR) is 69.3 cm³/mol. The molecule has 0 bridgehead atoms. The second-order valence-corrected chi connectivity index (χ2v) is 3.60. The number of esters is 1.